The second-order valence-corrected chi connectivity index (χ2v) is 12.8. The summed E-state index contributed by atoms with van der Waals surface area (Å²) in [6, 6.07) is 17.6. The number of anilines is 2. The van der Waals surface area contributed by atoms with E-state index in [4.69, 9.17) is 4.74 Å². The highest BCUT2D eigenvalue weighted by molar-refractivity contribution is 8.01. The number of nitrogens with one attached hydrogen (secondary N) is 1. The number of amides is 1. The smallest absolute Gasteiger partial charge is 0.406 e. The van der Waals surface area contributed by atoms with Crippen LogP contribution >= 0.6 is 0 Å². The largest absolute Gasteiger partial charge is 0.490 e. The number of nitrogens with zero attached hydrogens (tertiary/aromatic N) is 3. The summed E-state index contributed by atoms with van der Waals surface area (Å²) in [5.74, 6) is 0.241. The Kier molecular flexibility index (Phi) is 6.64. The minimum Gasteiger partial charge on any atom is -0.490 e. The van der Waals surface area contributed by atoms with Crippen molar-refractivity contribution in [2.45, 2.75) is 24.2 Å². The van der Waals surface area contributed by atoms with Gasteiger partial charge in [-0.1, -0.05) is 22.1 Å². The molecule has 0 spiro atoms. The van der Waals surface area contributed by atoms with Gasteiger partial charge in [-0.05, 0) is 66.6 Å². The number of benzene rings is 3. The highest BCUT2D eigenvalue weighted by Crippen LogP contribution is 2.38. The number of ether oxygens (including phenoxy) is 1. The summed E-state index contributed by atoms with van der Waals surface area (Å²) in [5, 5.41) is 2.89. The van der Waals surface area contributed by atoms with E-state index in [1.807, 2.05) is 35.2 Å². The zero-order valence-electron chi connectivity index (χ0n) is 20.8. The molecule has 1 aromatic heterocycles. The number of fused-ring (bicyclic) bond motifs is 2. The SMILES string of the molecule is C[SH](C)(=O)c1ccc(CNC(=O)c2ccc3c(c2)OCCN3c2ccc3ncn(CC(F)(F)F)c3c2)cc1. The lowest BCUT2D eigenvalue weighted by atomic mass is 10.1. The normalized spacial score (nSPS) is 14.2. The number of halogens is 3. The molecule has 0 aliphatic carbocycles. The van der Waals surface area contributed by atoms with Gasteiger partial charge < -0.3 is 19.5 Å². The molecule has 3 aromatic carbocycles. The molecule has 38 heavy (non-hydrogen) atoms. The summed E-state index contributed by atoms with van der Waals surface area (Å²) < 4.78 is 58.1. The van der Waals surface area contributed by atoms with Crippen LogP contribution in [0.2, 0.25) is 0 Å². The molecule has 1 amide bonds. The Labute approximate surface area is 218 Å². The number of imidazole rings is 1. The molecule has 0 radical (unpaired) electrons. The predicted octanol–water partition coefficient (Wildman–Crippen LogP) is 4.69. The van der Waals surface area contributed by atoms with Crippen LogP contribution in [0.5, 0.6) is 5.75 Å². The van der Waals surface area contributed by atoms with Crippen molar-refractivity contribution < 1.29 is 26.9 Å². The average molecular weight is 545 g/mol. The highest BCUT2D eigenvalue weighted by atomic mass is 32.2. The van der Waals surface area contributed by atoms with E-state index in [2.05, 4.69) is 10.3 Å². The van der Waals surface area contributed by atoms with Crippen molar-refractivity contribution in [3.05, 3.63) is 78.1 Å². The molecule has 4 aromatic rings. The maximum absolute atomic E-state index is 13.0. The quantitative estimate of drug-likeness (QED) is 0.345. The Morgan fingerprint density at radius 2 is 1.84 bits per heavy atom. The van der Waals surface area contributed by atoms with Gasteiger partial charge in [-0.2, -0.15) is 13.2 Å². The number of hydrogen-bond acceptors (Lipinski definition) is 5. The van der Waals surface area contributed by atoms with Crippen LogP contribution in [-0.4, -0.2) is 51.5 Å². The van der Waals surface area contributed by atoms with E-state index in [1.165, 1.54) is 6.33 Å². The molecule has 1 N–H and O–H groups in total. The number of alkyl halides is 3. The zero-order valence-corrected chi connectivity index (χ0v) is 21.7. The lowest BCUT2D eigenvalue weighted by Gasteiger charge is -2.31. The third kappa shape index (κ3) is 5.52. The lowest BCUT2D eigenvalue weighted by Crippen LogP contribution is -2.29. The summed E-state index contributed by atoms with van der Waals surface area (Å²) in [5.41, 5.74) is 3.59. The van der Waals surface area contributed by atoms with E-state index in [9.17, 15) is 22.2 Å². The van der Waals surface area contributed by atoms with Crippen molar-refractivity contribution in [3.8, 4) is 5.75 Å². The minimum atomic E-state index is -4.36. The van der Waals surface area contributed by atoms with Crippen LogP contribution in [0.3, 0.4) is 0 Å². The fraction of sp³-hybridized carbons (Fsp3) is 0.259. The van der Waals surface area contributed by atoms with Gasteiger partial charge in [-0.3, -0.25) is 9.00 Å². The van der Waals surface area contributed by atoms with Crippen LogP contribution in [0.4, 0.5) is 24.5 Å². The molecular formula is C27H27F3N4O3S. The highest BCUT2D eigenvalue weighted by Gasteiger charge is 2.29. The Bertz CT molecular complexity index is 1540. The molecular weight excluding hydrogens is 517 g/mol. The van der Waals surface area contributed by atoms with Gasteiger partial charge in [0.05, 0.1) is 29.6 Å². The van der Waals surface area contributed by atoms with Crippen LogP contribution in [0.25, 0.3) is 11.0 Å². The maximum atomic E-state index is 13.0. The molecule has 7 nitrogen and oxygen atoms in total. The number of hydrogen-bond donors (Lipinski definition) is 2. The molecule has 0 saturated carbocycles. The van der Waals surface area contributed by atoms with Gasteiger partial charge in [-0.25, -0.2) is 4.98 Å². The first kappa shape index (κ1) is 25.8. The standard InChI is InChI=1S/C27H27F3N4O3S/c1-38(2,36)21-7-3-18(4-8-21)15-31-26(35)19-5-10-23-25(13-19)37-12-11-34(23)20-6-9-22-24(14-20)33(17-32-22)16-27(28,29)30/h3-10,13-14,17,38H,11-12,15-16H2,1-2H3,(H,31,35). The molecule has 2 heterocycles. The molecule has 0 atom stereocenters. The van der Waals surface area contributed by atoms with Gasteiger partial charge in [0.2, 0.25) is 0 Å². The topological polar surface area (TPSA) is 76.5 Å². The predicted molar refractivity (Wildman–Crippen MR) is 142 cm³/mol. The van der Waals surface area contributed by atoms with Gasteiger partial charge in [0.1, 0.15) is 18.9 Å². The average Bonchev–Trinajstić information content (AvgIpc) is 3.26. The monoisotopic (exact) mass is 544 g/mol. The van der Waals surface area contributed by atoms with Gasteiger partial charge in [-0.15, -0.1) is 0 Å². The van der Waals surface area contributed by atoms with E-state index in [1.54, 1.807) is 42.8 Å². The molecule has 1 aliphatic heterocycles. The van der Waals surface area contributed by atoms with Crippen molar-refractivity contribution in [1.29, 1.82) is 0 Å². The first-order valence-electron chi connectivity index (χ1n) is 12.0. The molecule has 0 bridgehead atoms. The number of carbonyl (C=O) groups is 1. The Morgan fingerprint density at radius 3 is 2.55 bits per heavy atom. The van der Waals surface area contributed by atoms with Crippen LogP contribution in [0, 0.1) is 0 Å². The van der Waals surface area contributed by atoms with E-state index in [0.29, 0.717) is 53.4 Å². The molecule has 11 heteroatoms. The van der Waals surface area contributed by atoms with Crippen LogP contribution in [0.1, 0.15) is 15.9 Å². The molecule has 0 fully saturated rings. The van der Waals surface area contributed by atoms with Crippen LogP contribution in [0.15, 0.2) is 71.9 Å². The van der Waals surface area contributed by atoms with Crippen molar-refractivity contribution in [2.24, 2.45) is 0 Å². The Morgan fingerprint density at radius 1 is 1.08 bits per heavy atom. The van der Waals surface area contributed by atoms with E-state index < -0.39 is 22.7 Å². The molecule has 200 valence electrons. The summed E-state index contributed by atoms with van der Waals surface area (Å²) in [6.07, 6.45) is 0.264. The maximum Gasteiger partial charge on any atom is 0.406 e. The van der Waals surface area contributed by atoms with E-state index in [-0.39, 0.29) is 5.91 Å². The molecule has 1 aliphatic rings. The fourth-order valence-corrected chi connectivity index (χ4v) is 5.29. The van der Waals surface area contributed by atoms with Crippen molar-refractivity contribution in [1.82, 2.24) is 14.9 Å². The van der Waals surface area contributed by atoms with Gasteiger partial charge in [0, 0.05) is 22.7 Å². The summed E-state index contributed by atoms with van der Waals surface area (Å²) >= 11 is 0. The van der Waals surface area contributed by atoms with Crippen molar-refractivity contribution in [3.63, 3.8) is 0 Å². The summed E-state index contributed by atoms with van der Waals surface area (Å²) in [4.78, 5) is 19.6. The van der Waals surface area contributed by atoms with E-state index >= 15 is 0 Å². The van der Waals surface area contributed by atoms with Crippen LogP contribution < -0.4 is 15.0 Å². The van der Waals surface area contributed by atoms with Crippen molar-refractivity contribution >= 4 is 38.2 Å². The second-order valence-electron chi connectivity index (χ2n) is 9.54. The van der Waals surface area contributed by atoms with Gasteiger partial charge in [0.25, 0.3) is 5.91 Å². The summed E-state index contributed by atoms with van der Waals surface area (Å²) in [6.45, 7) is 0.0404. The molecule has 0 saturated heterocycles. The number of rotatable bonds is 6. The fourth-order valence-electron chi connectivity index (χ4n) is 4.42. The van der Waals surface area contributed by atoms with Crippen molar-refractivity contribution in [2.75, 3.05) is 30.6 Å². The minimum absolute atomic E-state index is 0.272. The second kappa shape index (κ2) is 9.79. The first-order chi connectivity index (χ1) is 18.0. The number of aromatic nitrogens is 2. The third-order valence-corrected chi connectivity index (χ3v) is 7.90. The molecule has 5 rings (SSSR count). The van der Waals surface area contributed by atoms with Gasteiger partial charge >= 0.3 is 6.18 Å². The third-order valence-electron chi connectivity index (χ3n) is 6.36. The zero-order chi connectivity index (χ0) is 27.1. The lowest BCUT2D eigenvalue weighted by molar-refractivity contribution is -0.139. The number of thiol groups is 1. The van der Waals surface area contributed by atoms with E-state index in [0.717, 1.165) is 15.0 Å². The Balaban J connectivity index is 1.33. The molecule has 0 unspecified atom stereocenters. The van der Waals surface area contributed by atoms with Gasteiger partial charge in [0.15, 0.2) is 0 Å². The summed E-state index contributed by atoms with van der Waals surface area (Å²) in [7, 11) is -2.34. The first-order valence-corrected chi connectivity index (χ1v) is 14.6. The number of carbonyl (C=O) groups excluding carboxylic acids is 1. The van der Waals surface area contributed by atoms with Crippen LogP contribution in [-0.2, 0) is 23.0 Å². The Hall–Kier alpha value is -3.86.